The molecule has 0 N–H and O–H groups in total. The van der Waals surface area contributed by atoms with Crippen LogP contribution in [-0.4, -0.2) is 4.92 Å². The van der Waals surface area contributed by atoms with Gasteiger partial charge in [0.05, 0.1) is 4.92 Å². The molecule has 98 valence electrons. The molecule has 0 unspecified atom stereocenters. The van der Waals surface area contributed by atoms with Gasteiger partial charge < -0.3 is 4.74 Å². The molecule has 0 aliphatic heterocycles. The van der Waals surface area contributed by atoms with Crippen LogP contribution in [0.25, 0.3) is 0 Å². The fourth-order valence-corrected chi connectivity index (χ4v) is 1.99. The normalized spacial score (nSPS) is 10.2. The minimum atomic E-state index is -0.408. The molecule has 0 spiro atoms. The lowest BCUT2D eigenvalue weighted by molar-refractivity contribution is -0.384. The molecule has 0 amide bonds. The number of nitro groups is 1. The summed E-state index contributed by atoms with van der Waals surface area (Å²) < 4.78 is 5.63. The highest BCUT2D eigenvalue weighted by Crippen LogP contribution is 2.18. The number of benzene rings is 2. The number of nitro benzene ring substituents is 1. The molecule has 19 heavy (non-hydrogen) atoms. The Morgan fingerprint density at radius 2 is 1.84 bits per heavy atom. The van der Waals surface area contributed by atoms with E-state index in [1.54, 1.807) is 12.1 Å². The zero-order valence-electron chi connectivity index (χ0n) is 10.1. The van der Waals surface area contributed by atoms with E-state index >= 15 is 0 Å². The number of nitrogens with zero attached hydrogens (tertiary/aromatic N) is 1. The van der Waals surface area contributed by atoms with Crippen molar-refractivity contribution in [2.75, 3.05) is 0 Å². The molecule has 0 fully saturated rings. The van der Waals surface area contributed by atoms with Gasteiger partial charge >= 0.3 is 0 Å². The molecule has 0 heterocycles. The van der Waals surface area contributed by atoms with Crippen molar-refractivity contribution < 1.29 is 9.66 Å². The monoisotopic (exact) mass is 321 g/mol. The van der Waals surface area contributed by atoms with Crippen LogP contribution >= 0.6 is 15.9 Å². The third kappa shape index (κ3) is 3.79. The Hall–Kier alpha value is -1.88. The van der Waals surface area contributed by atoms with Crippen molar-refractivity contribution >= 4 is 21.6 Å². The lowest BCUT2D eigenvalue weighted by Gasteiger charge is -2.07. The summed E-state index contributed by atoms with van der Waals surface area (Å²) >= 11 is 3.38. The second-order valence-corrected chi connectivity index (χ2v) is 4.56. The number of non-ortho nitro benzene ring substituents is 1. The van der Waals surface area contributed by atoms with Gasteiger partial charge in [-0.2, -0.15) is 0 Å². The first kappa shape index (κ1) is 13.5. The predicted octanol–water partition coefficient (Wildman–Crippen LogP) is 4.07. The van der Waals surface area contributed by atoms with Crippen molar-refractivity contribution in [3.63, 3.8) is 0 Å². The van der Waals surface area contributed by atoms with Gasteiger partial charge in [-0.05, 0) is 23.3 Å². The van der Waals surface area contributed by atoms with E-state index in [9.17, 15) is 10.1 Å². The molecule has 4 nitrogen and oxygen atoms in total. The summed E-state index contributed by atoms with van der Waals surface area (Å²) in [5.74, 6) is 0.753. The Labute approximate surface area is 119 Å². The predicted molar refractivity (Wildman–Crippen MR) is 76.5 cm³/mol. The third-order valence-corrected chi connectivity index (χ3v) is 3.23. The summed E-state index contributed by atoms with van der Waals surface area (Å²) in [5.41, 5.74) is 1.98. The summed E-state index contributed by atoms with van der Waals surface area (Å²) in [5, 5.41) is 11.4. The first-order valence-corrected chi connectivity index (χ1v) is 6.82. The van der Waals surface area contributed by atoms with Crippen LogP contribution in [0.15, 0.2) is 48.5 Å². The van der Waals surface area contributed by atoms with Crippen LogP contribution < -0.4 is 4.74 Å². The van der Waals surface area contributed by atoms with Crippen LogP contribution in [0, 0.1) is 10.1 Å². The molecule has 0 bridgehead atoms. The number of hydrogen-bond acceptors (Lipinski definition) is 3. The van der Waals surface area contributed by atoms with Gasteiger partial charge in [0.15, 0.2) is 0 Å². The average Bonchev–Trinajstić information content (AvgIpc) is 2.45. The van der Waals surface area contributed by atoms with E-state index in [0.29, 0.717) is 6.61 Å². The molecule has 0 radical (unpaired) electrons. The van der Waals surface area contributed by atoms with Crippen molar-refractivity contribution in [1.29, 1.82) is 0 Å². The van der Waals surface area contributed by atoms with Crippen molar-refractivity contribution in [2.45, 2.75) is 11.9 Å². The molecule has 5 heteroatoms. The number of halogens is 1. The zero-order chi connectivity index (χ0) is 13.7. The first-order valence-electron chi connectivity index (χ1n) is 5.70. The third-order valence-electron chi connectivity index (χ3n) is 2.58. The summed E-state index contributed by atoms with van der Waals surface area (Å²) in [6.07, 6.45) is 0. The van der Waals surface area contributed by atoms with E-state index in [1.807, 2.05) is 24.3 Å². The standard InChI is InChI=1S/C14H12BrNO3/c15-9-11-3-2-6-14(8-11)19-10-12-4-1-5-13(7-12)16(17)18/h1-8H,9-10H2. The smallest absolute Gasteiger partial charge is 0.269 e. The van der Waals surface area contributed by atoms with Gasteiger partial charge in [0.25, 0.3) is 5.69 Å². The van der Waals surface area contributed by atoms with Crippen molar-refractivity contribution in [2.24, 2.45) is 0 Å². The molecule has 0 aliphatic rings. The lowest BCUT2D eigenvalue weighted by atomic mass is 10.2. The molecule has 2 aromatic carbocycles. The summed E-state index contributed by atoms with van der Waals surface area (Å²) in [4.78, 5) is 10.3. The van der Waals surface area contributed by atoms with Crippen LogP contribution in [0.4, 0.5) is 5.69 Å². The van der Waals surface area contributed by atoms with E-state index in [1.165, 1.54) is 12.1 Å². The molecule has 0 saturated carbocycles. The van der Waals surface area contributed by atoms with Crippen LogP contribution in [0.3, 0.4) is 0 Å². The number of alkyl halides is 1. The maximum Gasteiger partial charge on any atom is 0.269 e. The average molecular weight is 322 g/mol. The lowest BCUT2D eigenvalue weighted by Crippen LogP contribution is -1.97. The Kier molecular flexibility index (Phi) is 4.52. The first-order chi connectivity index (χ1) is 9.19. The highest BCUT2D eigenvalue weighted by atomic mass is 79.9. The van der Waals surface area contributed by atoms with Gasteiger partial charge in [0.2, 0.25) is 0 Å². The highest BCUT2D eigenvalue weighted by Gasteiger charge is 2.06. The molecule has 0 aliphatic carbocycles. The van der Waals surface area contributed by atoms with E-state index in [4.69, 9.17) is 4.74 Å². The fraction of sp³-hybridized carbons (Fsp3) is 0.143. The Morgan fingerprint density at radius 1 is 1.11 bits per heavy atom. The summed E-state index contributed by atoms with van der Waals surface area (Å²) in [6.45, 7) is 0.313. The summed E-state index contributed by atoms with van der Waals surface area (Å²) in [6, 6.07) is 14.2. The van der Waals surface area contributed by atoms with Gasteiger partial charge in [0.1, 0.15) is 12.4 Å². The largest absolute Gasteiger partial charge is 0.489 e. The zero-order valence-corrected chi connectivity index (χ0v) is 11.7. The quantitative estimate of drug-likeness (QED) is 0.474. The molecule has 0 aromatic heterocycles. The molecular formula is C14H12BrNO3. The van der Waals surface area contributed by atoms with Crippen LogP contribution in [0.1, 0.15) is 11.1 Å². The number of hydrogen-bond donors (Lipinski definition) is 0. The van der Waals surface area contributed by atoms with Gasteiger partial charge in [0, 0.05) is 17.5 Å². The highest BCUT2D eigenvalue weighted by molar-refractivity contribution is 9.08. The van der Waals surface area contributed by atoms with E-state index < -0.39 is 4.92 Å². The van der Waals surface area contributed by atoms with Gasteiger partial charge in [-0.3, -0.25) is 10.1 Å². The van der Waals surface area contributed by atoms with Crippen LogP contribution in [0.2, 0.25) is 0 Å². The van der Waals surface area contributed by atoms with E-state index in [2.05, 4.69) is 15.9 Å². The molecule has 0 saturated heterocycles. The minimum Gasteiger partial charge on any atom is -0.489 e. The van der Waals surface area contributed by atoms with Gasteiger partial charge in [-0.15, -0.1) is 0 Å². The van der Waals surface area contributed by atoms with E-state index in [-0.39, 0.29) is 5.69 Å². The van der Waals surface area contributed by atoms with Crippen molar-refractivity contribution in [3.05, 3.63) is 69.8 Å². The minimum absolute atomic E-state index is 0.0790. The SMILES string of the molecule is O=[N+]([O-])c1cccc(COc2cccc(CBr)c2)c1. The maximum atomic E-state index is 10.7. The van der Waals surface area contributed by atoms with Crippen molar-refractivity contribution in [1.82, 2.24) is 0 Å². The summed E-state index contributed by atoms with van der Waals surface area (Å²) in [7, 11) is 0. The molecule has 2 aromatic rings. The molecular weight excluding hydrogens is 310 g/mol. The van der Waals surface area contributed by atoms with Crippen LogP contribution in [0.5, 0.6) is 5.75 Å². The Morgan fingerprint density at radius 3 is 2.58 bits per heavy atom. The maximum absolute atomic E-state index is 10.7. The Balaban J connectivity index is 2.05. The second-order valence-electron chi connectivity index (χ2n) is 4.00. The van der Waals surface area contributed by atoms with Crippen molar-refractivity contribution in [3.8, 4) is 5.75 Å². The van der Waals surface area contributed by atoms with Crippen LogP contribution in [-0.2, 0) is 11.9 Å². The van der Waals surface area contributed by atoms with Gasteiger partial charge in [-0.25, -0.2) is 0 Å². The second kappa shape index (κ2) is 6.33. The number of rotatable bonds is 5. The number of ether oxygens (including phenoxy) is 1. The Bertz CT molecular complexity index is 586. The van der Waals surface area contributed by atoms with E-state index in [0.717, 1.165) is 22.2 Å². The topological polar surface area (TPSA) is 52.4 Å². The van der Waals surface area contributed by atoms with Gasteiger partial charge in [-0.1, -0.05) is 40.2 Å². The molecule has 2 rings (SSSR count). The molecule has 0 atom stereocenters. The fourth-order valence-electron chi connectivity index (χ4n) is 1.64.